The fourth-order valence-corrected chi connectivity index (χ4v) is 4.75. The van der Waals surface area contributed by atoms with Crippen molar-refractivity contribution in [3.8, 4) is 0 Å². The lowest BCUT2D eigenvalue weighted by Gasteiger charge is -2.28. The van der Waals surface area contributed by atoms with Crippen molar-refractivity contribution in [2.45, 2.75) is 43.5 Å². The molecule has 0 radical (unpaired) electrons. The Balaban J connectivity index is 2.41. The monoisotopic (exact) mass is 298 g/mol. The third-order valence-electron chi connectivity index (χ3n) is 3.85. The van der Waals surface area contributed by atoms with Crippen molar-refractivity contribution in [3.05, 3.63) is 23.8 Å². The van der Waals surface area contributed by atoms with Crippen LogP contribution in [0.25, 0.3) is 0 Å². The molecule has 6 heteroatoms. The van der Waals surface area contributed by atoms with Gasteiger partial charge in [0.15, 0.2) is 0 Å². The summed E-state index contributed by atoms with van der Waals surface area (Å²) < 4.78 is 27.1. The van der Waals surface area contributed by atoms with Crippen LogP contribution in [0.4, 0.5) is 5.69 Å². The third-order valence-corrected chi connectivity index (χ3v) is 5.95. The molecule has 0 heterocycles. The van der Waals surface area contributed by atoms with Gasteiger partial charge in [0.05, 0.1) is 11.5 Å². The van der Waals surface area contributed by atoms with Crippen LogP contribution < -0.4 is 5.73 Å². The fourth-order valence-electron chi connectivity index (χ4n) is 2.81. The molecule has 1 fully saturated rings. The Morgan fingerprint density at radius 1 is 1.35 bits per heavy atom. The molecular weight excluding hydrogens is 276 g/mol. The summed E-state index contributed by atoms with van der Waals surface area (Å²) in [7, 11) is -3.61. The van der Waals surface area contributed by atoms with E-state index < -0.39 is 10.0 Å². The van der Waals surface area contributed by atoms with Crippen LogP contribution in [0.1, 0.15) is 31.2 Å². The molecule has 3 N–H and O–H groups in total. The smallest absolute Gasteiger partial charge is 0.243 e. The molecule has 0 atom stereocenters. The van der Waals surface area contributed by atoms with Gasteiger partial charge in [-0.1, -0.05) is 18.9 Å². The van der Waals surface area contributed by atoms with Crippen LogP contribution >= 0.6 is 0 Å². The normalized spacial score (nSPS) is 16.9. The van der Waals surface area contributed by atoms with Crippen molar-refractivity contribution in [1.82, 2.24) is 4.31 Å². The molecule has 0 aliphatic heterocycles. The maximum Gasteiger partial charge on any atom is 0.243 e. The van der Waals surface area contributed by atoms with Crippen LogP contribution in [-0.4, -0.2) is 37.0 Å². The highest BCUT2D eigenvalue weighted by Crippen LogP contribution is 2.30. The van der Waals surface area contributed by atoms with E-state index in [-0.39, 0.29) is 24.1 Å². The number of rotatable bonds is 5. The summed E-state index contributed by atoms with van der Waals surface area (Å²) in [6.45, 7) is 1.73. The number of anilines is 1. The molecule has 1 aliphatic carbocycles. The number of hydrogen-bond acceptors (Lipinski definition) is 4. The van der Waals surface area contributed by atoms with E-state index in [1.165, 1.54) is 10.4 Å². The molecule has 2 rings (SSSR count). The van der Waals surface area contributed by atoms with Crippen molar-refractivity contribution < 1.29 is 13.5 Å². The molecule has 0 aromatic heterocycles. The minimum Gasteiger partial charge on any atom is -0.399 e. The second-order valence-corrected chi connectivity index (χ2v) is 7.16. The average molecular weight is 298 g/mol. The van der Waals surface area contributed by atoms with Gasteiger partial charge in [0, 0.05) is 18.3 Å². The first kappa shape index (κ1) is 15.3. The van der Waals surface area contributed by atoms with E-state index in [1.54, 1.807) is 19.1 Å². The number of nitrogen functional groups attached to an aromatic ring is 1. The van der Waals surface area contributed by atoms with Crippen molar-refractivity contribution in [2.24, 2.45) is 0 Å². The molecule has 1 saturated carbocycles. The van der Waals surface area contributed by atoms with Gasteiger partial charge in [-0.15, -0.1) is 0 Å². The average Bonchev–Trinajstić information content (AvgIpc) is 2.92. The van der Waals surface area contributed by atoms with Gasteiger partial charge in [-0.3, -0.25) is 0 Å². The Morgan fingerprint density at radius 3 is 2.60 bits per heavy atom. The zero-order valence-corrected chi connectivity index (χ0v) is 12.6. The number of hydrogen-bond donors (Lipinski definition) is 2. The molecule has 1 aliphatic rings. The lowest BCUT2D eigenvalue weighted by Crippen LogP contribution is -2.40. The van der Waals surface area contributed by atoms with Crippen LogP contribution in [0.5, 0.6) is 0 Å². The van der Waals surface area contributed by atoms with Gasteiger partial charge in [-0.05, 0) is 37.5 Å². The van der Waals surface area contributed by atoms with Gasteiger partial charge in [0.1, 0.15) is 0 Å². The summed E-state index contributed by atoms with van der Waals surface area (Å²) >= 11 is 0. The molecule has 1 aromatic rings. The van der Waals surface area contributed by atoms with Crippen molar-refractivity contribution in [1.29, 1.82) is 0 Å². The Labute approximate surface area is 120 Å². The predicted octanol–water partition coefficient (Wildman–Crippen LogP) is 1.50. The van der Waals surface area contributed by atoms with E-state index >= 15 is 0 Å². The fraction of sp³-hybridized carbons (Fsp3) is 0.571. The van der Waals surface area contributed by atoms with E-state index in [1.807, 2.05) is 0 Å². The van der Waals surface area contributed by atoms with Crippen LogP contribution in [0.2, 0.25) is 0 Å². The number of sulfonamides is 1. The zero-order chi connectivity index (χ0) is 14.8. The zero-order valence-electron chi connectivity index (χ0n) is 11.7. The second kappa shape index (κ2) is 6.11. The molecule has 0 unspecified atom stereocenters. The summed E-state index contributed by atoms with van der Waals surface area (Å²) in [6.07, 6.45) is 3.80. The Kier molecular flexibility index (Phi) is 4.67. The Hall–Kier alpha value is -1.11. The van der Waals surface area contributed by atoms with E-state index in [2.05, 4.69) is 0 Å². The van der Waals surface area contributed by atoms with Gasteiger partial charge in [-0.25, -0.2) is 8.42 Å². The van der Waals surface area contributed by atoms with Gasteiger partial charge >= 0.3 is 0 Å². The molecule has 0 spiro atoms. The van der Waals surface area contributed by atoms with E-state index in [0.717, 1.165) is 25.7 Å². The van der Waals surface area contributed by atoms with Crippen molar-refractivity contribution >= 4 is 15.7 Å². The van der Waals surface area contributed by atoms with Crippen LogP contribution in [0, 0.1) is 6.92 Å². The Bertz CT molecular complexity index is 566. The van der Waals surface area contributed by atoms with Gasteiger partial charge < -0.3 is 10.8 Å². The summed E-state index contributed by atoms with van der Waals surface area (Å²) in [5.41, 5.74) is 6.83. The molecular formula is C14H22N2O3S. The minimum atomic E-state index is -3.61. The van der Waals surface area contributed by atoms with Crippen LogP contribution in [0.3, 0.4) is 0 Å². The first-order valence-corrected chi connectivity index (χ1v) is 8.39. The Morgan fingerprint density at radius 2 is 2.00 bits per heavy atom. The number of nitrogens with zero attached hydrogens (tertiary/aromatic N) is 1. The standard InChI is InChI=1S/C14H22N2O3S/c1-11-6-7-12(15)10-14(11)20(18,19)16(8-9-17)13-4-2-3-5-13/h6-7,10,13,17H,2-5,8-9,15H2,1H3. The van der Waals surface area contributed by atoms with Crippen LogP contribution in [0.15, 0.2) is 23.1 Å². The first-order chi connectivity index (χ1) is 9.46. The van der Waals surface area contributed by atoms with Crippen molar-refractivity contribution in [3.63, 3.8) is 0 Å². The van der Waals surface area contributed by atoms with E-state index in [9.17, 15) is 13.5 Å². The number of aliphatic hydroxyl groups excluding tert-OH is 1. The van der Waals surface area contributed by atoms with E-state index in [0.29, 0.717) is 11.3 Å². The largest absolute Gasteiger partial charge is 0.399 e. The topological polar surface area (TPSA) is 83.6 Å². The quantitative estimate of drug-likeness (QED) is 0.807. The molecule has 0 saturated heterocycles. The number of nitrogens with two attached hydrogens (primary N) is 1. The second-order valence-electron chi connectivity index (χ2n) is 5.30. The number of aliphatic hydroxyl groups is 1. The maximum absolute atomic E-state index is 12.8. The highest BCUT2D eigenvalue weighted by Gasteiger charge is 2.33. The number of benzene rings is 1. The summed E-state index contributed by atoms with van der Waals surface area (Å²) in [4.78, 5) is 0.248. The highest BCUT2D eigenvalue weighted by molar-refractivity contribution is 7.89. The molecule has 1 aromatic carbocycles. The van der Waals surface area contributed by atoms with Gasteiger partial charge in [0.25, 0.3) is 0 Å². The minimum absolute atomic E-state index is 0.00650. The van der Waals surface area contributed by atoms with E-state index in [4.69, 9.17) is 5.73 Å². The molecule has 112 valence electrons. The summed E-state index contributed by atoms with van der Waals surface area (Å²) in [5, 5.41) is 9.20. The first-order valence-electron chi connectivity index (χ1n) is 6.95. The molecule has 0 amide bonds. The predicted molar refractivity (Wildman–Crippen MR) is 78.8 cm³/mol. The van der Waals surface area contributed by atoms with Gasteiger partial charge in [0.2, 0.25) is 10.0 Å². The summed E-state index contributed by atoms with van der Waals surface area (Å²) in [6, 6.07) is 4.91. The third kappa shape index (κ3) is 2.97. The molecule has 20 heavy (non-hydrogen) atoms. The molecule has 0 bridgehead atoms. The summed E-state index contributed by atoms with van der Waals surface area (Å²) in [5.74, 6) is 0. The molecule has 5 nitrogen and oxygen atoms in total. The van der Waals surface area contributed by atoms with Gasteiger partial charge in [-0.2, -0.15) is 4.31 Å². The lowest BCUT2D eigenvalue weighted by atomic mass is 10.2. The van der Waals surface area contributed by atoms with Crippen molar-refractivity contribution in [2.75, 3.05) is 18.9 Å². The van der Waals surface area contributed by atoms with Crippen LogP contribution in [-0.2, 0) is 10.0 Å². The lowest BCUT2D eigenvalue weighted by molar-refractivity contribution is 0.226. The SMILES string of the molecule is Cc1ccc(N)cc1S(=O)(=O)N(CCO)C1CCCC1. The highest BCUT2D eigenvalue weighted by atomic mass is 32.2. The number of aryl methyl sites for hydroxylation is 1. The maximum atomic E-state index is 12.8.